The van der Waals surface area contributed by atoms with Crippen molar-refractivity contribution in [1.29, 1.82) is 0 Å². The minimum Gasteiger partial charge on any atom is -0.326 e. The van der Waals surface area contributed by atoms with E-state index in [1.807, 2.05) is 13.8 Å². The molecule has 2 aromatic rings. The van der Waals surface area contributed by atoms with E-state index in [2.05, 4.69) is 15.4 Å². The Hall–Kier alpha value is -2.71. The van der Waals surface area contributed by atoms with Crippen molar-refractivity contribution in [2.45, 2.75) is 38.0 Å². The van der Waals surface area contributed by atoms with Gasteiger partial charge in [-0.3, -0.25) is 9.59 Å². The summed E-state index contributed by atoms with van der Waals surface area (Å²) in [6.45, 7) is 4.18. The van der Waals surface area contributed by atoms with E-state index in [-0.39, 0.29) is 16.7 Å². The van der Waals surface area contributed by atoms with Crippen molar-refractivity contribution < 1.29 is 18.0 Å². The van der Waals surface area contributed by atoms with Gasteiger partial charge in [-0.1, -0.05) is 13.8 Å². The van der Waals surface area contributed by atoms with Crippen molar-refractivity contribution in [2.24, 2.45) is 0 Å². The highest BCUT2D eigenvalue weighted by atomic mass is 32.2. The number of carbonyl (C=O) groups excluding carboxylic acids is 2. The Morgan fingerprint density at radius 2 is 1.39 bits per heavy atom. The van der Waals surface area contributed by atoms with Crippen molar-refractivity contribution in [3.05, 3.63) is 54.1 Å². The first-order valence-electron chi connectivity index (χ1n) is 9.16. The van der Waals surface area contributed by atoms with Gasteiger partial charge >= 0.3 is 0 Å². The summed E-state index contributed by atoms with van der Waals surface area (Å²) >= 11 is 0. The molecule has 2 rings (SSSR count). The van der Waals surface area contributed by atoms with Gasteiger partial charge in [0, 0.05) is 29.9 Å². The predicted octanol–water partition coefficient (Wildman–Crippen LogP) is 3.37. The average Bonchev–Trinajstić information content (AvgIpc) is 2.67. The van der Waals surface area contributed by atoms with E-state index in [0.717, 1.165) is 6.42 Å². The summed E-state index contributed by atoms with van der Waals surface area (Å²) in [4.78, 5) is 24.1. The second-order valence-corrected chi connectivity index (χ2v) is 8.02. The zero-order valence-electron chi connectivity index (χ0n) is 16.0. The SMILES string of the molecule is CCCNS(=O)(=O)c1ccc(NC(=O)c2ccc(NC(=O)CCC)cc2)cc1. The molecular formula is C20H25N3O4S. The lowest BCUT2D eigenvalue weighted by atomic mass is 10.2. The Bertz CT molecular complexity index is 907. The van der Waals surface area contributed by atoms with Gasteiger partial charge in [0.15, 0.2) is 0 Å². The highest BCUT2D eigenvalue weighted by Gasteiger charge is 2.13. The van der Waals surface area contributed by atoms with E-state index in [4.69, 9.17) is 0 Å². The topological polar surface area (TPSA) is 104 Å². The Balaban J connectivity index is 2.00. The van der Waals surface area contributed by atoms with E-state index >= 15 is 0 Å². The van der Waals surface area contributed by atoms with Crippen molar-refractivity contribution in [3.8, 4) is 0 Å². The molecule has 3 N–H and O–H groups in total. The van der Waals surface area contributed by atoms with Crippen molar-refractivity contribution in [3.63, 3.8) is 0 Å². The third-order valence-electron chi connectivity index (χ3n) is 3.87. The van der Waals surface area contributed by atoms with Gasteiger partial charge in [0.05, 0.1) is 4.90 Å². The molecule has 0 spiro atoms. The quantitative estimate of drug-likeness (QED) is 0.597. The van der Waals surface area contributed by atoms with Gasteiger partial charge in [-0.25, -0.2) is 13.1 Å². The molecule has 0 aliphatic heterocycles. The number of hydrogen-bond donors (Lipinski definition) is 3. The largest absolute Gasteiger partial charge is 0.326 e. The average molecular weight is 404 g/mol. The van der Waals surface area contributed by atoms with Crippen LogP contribution in [-0.2, 0) is 14.8 Å². The third kappa shape index (κ3) is 6.17. The third-order valence-corrected chi connectivity index (χ3v) is 5.35. The molecule has 0 atom stereocenters. The van der Waals surface area contributed by atoms with Gasteiger partial charge in [0.2, 0.25) is 15.9 Å². The van der Waals surface area contributed by atoms with Gasteiger partial charge in [0.25, 0.3) is 5.91 Å². The molecule has 7 nitrogen and oxygen atoms in total. The summed E-state index contributed by atoms with van der Waals surface area (Å²) in [6, 6.07) is 12.5. The fourth-order valence-corrected chi connectivity index (χ4v) is 3.53. The number of sulfonamides is 1. The van der Waals surface area contributed by atoms with E-state index in [1.165, 1.54) is 24.3 Å². The summed E-state index contributed by atoms with van der Waals surface area (Å²) in [5.74, 6) is -0.394. The van der Waals surface area contributed by atoms with E-state index in [9.17, 15) is 18.0 Å². The molecule has 28 heavy (non-hydrogen) atoms. The van der Waals surface area contributed by atoms with Crippen LogP contribution in [0.2, 0.25) is 0 Å². The molecule has 0 aromatic heterocycles. The van der Waals surface area contributed by atoms with E-state index in [1.54, 1.807) is 24.3 Å². The van der Waals surface area contributed by atoms with Crippen LogP contribution < -0.4 is 15.4 Å². The molecule has 0 heterocycles. The summed E-state index contributed by atoms with van der Waals surface area (Å²) in [6.07, 6.45) is 1.91. The number of amides is 2. The molecule has 0 fully saturated rings. The summed E-state index contributed by atoms with van der Waals surface area (Å²) in [5.41, 5.74) is 1.54. The number of carbonyl (C=O) groups is 2. The van der Waals surface area contributed by atoms with Crippen LogP contribution in [0.5, 0.6) is 0 Å². The zero-order valence-corrected chi connectivity index (χ0v) is 16.8. The van der Waals surface area contributed by atoms with Gasteiger partial charge in [0.1, 0.15) is 0 Å². The lowest BCUT2D eigenvalue weighted by molar-refractivity contribution is -0.116. The molecule has 150 valence electrons. The predicted molar refractivity (Wildman–Crippen MR) is 110 cm³/mol. The minimum absolute atomic E-state index is 0.0665. The monoisotopic (exact) mass is 403 g/mol. The van der Waals surface area contributed by atoms with Crippen LogP contribution in [0.3, 0.4) is 0 Å². The molecule has 2 aromatic carbocycles. The van der Waals surface area contributed by atoms with Crippen LogP contribution in [-0.4, -0.2) is 26.8 Å². The van der Waals surface area contributed by atoms with Crippen molar-refractivity contribution in [2.75, 3.05) is 17.2 Å². The molecule has 0 saturated heterocycles. The fraction of sp³-hybridized carbons (Fsp3) is 0.300. The molecular weight excluding hydrogens is 378 g/mol. The minimum atomic E-state index is -3.54. The van der Waals surface area contributed by atoms with Crippen molar-refractivity contribution in [1.82, 2.24) is 4.72 Å². The summed E-state index contributed by atoms with van der Waals surface area (Å²) in [5, 5.41) is 5.48. The Morgan fingerprint density at radius 1 is 0.821 bits per heavy atom. The van der Waals surface area contributed by atoms with Gasteiger partial charge in [-0.05, 0) is 61.4 Å². The fourth-order valence-electron chi connectivity index (χ4n) is 2.40. The number of nitrogens with one attached hydrogen (secondary N) is 3. The Kier molecular flexibility index (Phi) is 7.71. The molecule has 0 aliphatic carbocycles. The van der Waals surface area contributed by atoms with Crippen LogP contribution in [0.1, 0.15) is 43.5 Å². The van der Waals surface area contributed by atoms with Crippen LogP contribution in [0.15, 0.2) is 53.4 Å². The number of rotatable bonds is 9. The van der Waals surface area contributed by atoms with Gasteiger partial charge < -0.3 is 10.6 Å². The van der Waals surface area contributed by atoms with Crippen molar-refractivity contribution >= 4 is 33.2 Å². The summed E-state index contributed by atoms with van der Waals surface area (Å²) in [7, 11) is -3.54. The van der Waals surface area contributed by atoms with Crippen LogP contribution in [0, 0.1) is 0 Å². The zero-order chi connectivity index (χ0) is 20.6. The Labute approximate surface area is 165 Å². The molecule has 2 amide bonds. The van der Waals surface area contributed by atoms with Crippen LogP contribution in [0.4, 0.5) is 11.4 Å². The maximum absolute atomic E-state index is 12.3. The maximum atomic E-state index is 12.3. The number of benzene rings is 2. The molecule has 0 radical (unpaired) electrons. The normalized spacial score (nSPS) is 11.1. The lowest BCUT2D eigenvalue weighted by Crippen LogP contribution is -2.24. The van der Waals surface area contributed by atoms with Gasteiger partial charge in [-0.15, -0.1) is 0 Å². The molecule has 0 bridgehead atoms. The molecule has 0 saturated carbocycles. The second-order valence-electron chi connectivity index (χ2n) is 6.25. The lowest BCUT2D eigenvalue weighted by Gasteiger charge is -2.09. The maximum Gasteiger partial charge on any atom is 0.255 e. The van der Waals surface area contributed by atoms with E-state index < -0.39 is 10.0 Å². The number of hydrogen-bond acceptors (Lipinski definition) is 4. The standard InChI is InChI=1S/C20H25N3O4S/c1-3-5-19(24)22-16-8-6-15(7-9-16)20(25)23-17-10-12-18(13-11-17)28(26,27)21-14-4-2/h6-13,21H,3-5,14H2,1-2H3,(H,22,24)(H,23,25). The first-order chi connectivity index (χ1) is 13.4. The van der Waals surface area contributed by atoms with E-state index in [0.29, 0.717) is 36.3 Å². The molecule has 0 aliphatic rings. The van der Waals surface area contributed by atoms with Crippen LogP contribution >= 0.6 is 0 Å². The molecule has 8 heteroatoms. The first-order valence-corrected chi connectivity index (χ1v) is 10.6. The van der Waals surface area contributed by atoms with Crippen LogP contribution in [0.25, 0.3) is 0 Å². The summed E-state index contributed by atoms with van der Waals surface area (Å²) < 4.78 is 26.6. The first kappa shape index (κ1) is 21.6. The second kappa shape index (κ2) is 10.0. The smallest absolute Gasteiger partial charge is 0.255 e. The highest BCUT2D eigenvalue weighted by molar-refractivity contribution is 7.89. The highest BCUT2D eigenvalue weighted by Crippen LogP contribution is 2.16. The molecule has 0 unspecified atom stereocenters. The number of anilines is 2. The Morgan fingerprint density at radius 3 is 1.96 bits per heavy atom. The van der Waals surface area contributed by atoms with Gasteiger partial charge in [-0.2, -0.15) is 0 Å².